The van der Waals surface area contributed by atoms with Crippen LogP contribution >= 0.6 is 0 Å². The molecule has 1 N–H and O–H groups in total. The topological polar surface area (TPSA) is 34.0 Å². The number of nitrogens with one attached hydrogen (secondary N) is 1. The van der Waals surface area contributed by atoms with Crippen LogP contribution in [0.25, 0.3) is 5.69 Å². The summed E-state index contributed by atoms with van der Waals surface area (Å²) in [6.07, 6.45) is 1.99. The first kappa shape index (κ1) is 9.21. The summed E-state index contributed by atoms with van der Waals surface area (Å²) in [5.74, 6) is -0.0766. The Bertz CT molecular complexity index is 557. The Labute approximate surface area is 93.7 Å². The molecule has 0 bridgehead atoms. The lowest BCUT2D eigenvalue weighted by molar-refractivity contribution is -0.117. The first-order valence-electron chi connectivity index (χ1n) is 5.35. The van der Waals surface area contributed by atoms with E-state index in [-0.39, 0.29) is 11.8 Å². The quantitative estimate of drug-likeness (QED) is 0.715. The average molecular weight is 212 g/mol. The number of carbonyl (C=O) groups is 1. The number of anilines is 1. The third kappa shape index (κ3) is 1.18. The first-order valence-corrected chi connectivity index (χ1v) is 5.35. The molecule has 0 saturated heterocycles. The van der Waals surface area contributed by atoms with Gasteiger partial charge in [-0.05, 0) is 31.2 Å². The van der Waals surface area contributed by atoms with Gasteiger partial charge in [0.05, 0.1) is 17.3 Å². The molecule has 1 aromatic carbocycles. The zero-order valence-corrected chi connectivity index (χ0v) is 8.97. The second kappa shape index (κ2) is 3.23. The summed E-state index contributed by atoms with van der Waals surface area (Å²) >= 11 is 0. The molecule has 1 atom stereocenters. The molecule has 0 spiro atoms. The van der Waals surface area contributed by atoms with Crippen molar-refractivity contribution in [1.29, 1.82) is 0 Å². The van der Waals surface area contributed by atoms with Crippen molar-refractivity contribution in [3.05, 3.63) is 48.3 Å². The minimum Gasteiger partial charge on any atom is -0.324 e. The van der Waals surface area contributed by atoms with Gasteiger partial charge >= 0.3 is 0 Å². The highest BCUT2D eigenvalue weighted by atomic mass is 16.1. The number of fused-ring (bicyclic) bond motifs is 3. The fourth-order valence-corrected chi connectivity index (χ4v) is 2.13. The highest BCUT2D eigenvalue weighted by molar-refractivity contribution is 5.98. The number of rotatable bonds is 0. The zero-order chi connectivity index (χ0) is 11.1. The monoisotopic (exact) mass is 212 g/mol. The van der Waals surface area contributed by atoms with Gasteiger partial charge in [-0.15, -0.1) is 0 Å². The molecule has 2 heterocycles. The second-order valence-electron chi connectivity index (χ2n) is 4.03. The number of benzene rings is 1. The van der Waals surface area contributed by atoms with Crippen molar-refractivity contribution < 1.29 is 4.79 Å². The van der Waals surface area contributed by atoms with Crippen LogP contribution in [0.4, 0.5) is 5.69 Å². The number of hydrogen-bond donors (Lipinski definition) is 1. The largest absolute Gasteiger partial charge is 0.324 e. The van der Waals surface area contributed by atoms with Crippen LogP contribution in [0.1, 0.15) is 18.5 Å². The lowest BCUT2D eigenvalue weighted by Gasteiger charge is -2.09. The van der Waals surface area contributed by atoms with Crippen molar-refractivity contribution in [2.75, 3.05) is 5.32 Å². The van der Waals surface area contributed by atoms with Gasteiger partial charge in [0.1, 0.15) is 0 Å². The minimum absolute atomic E-state index is 0.0462. The molecule has 0 fully saturated rings. The number of aromatic nitrogens is 1. The normalized spacial score (nSPS) is 18.3. The highest BCUT2D eigenvalue weighted by Gasteiger charge is 2.24. The highest BCUT2D eigenvalue weighted by Crippen LogP contribution is 2.30. The Morgan fingerprint density at radius 2 is 2.00 bits per heavy atom. The predicted molar refractivity (Wildman–Crippen MR) is 62.8 cm³/mol. The van der Waals surface area contributed by atoms with Crippen molar-refractivity contribution in [3.63, 3.8) is 0 Å². The van der Waals surface area contributed by atoms with Crippen molar-refractivity contribution >= 4 is 11.6 Å². The summed E-state index contributed by atoms with van der Waals surface area (Å²) in [6, 6.07) is 11.8. The molecule has 3 nitrogen and oxygen atoms in total. The summed E-state index contributed by atoms with van der Waals surface area (Å²) in [7, 11) is 0. The van der Waals surface area contributed by atoms with E-state index in [1.165, 1.54) is 0 Å². The van der Waals surface area contributed by atoms with E-state index < -0.39 is 0 Å². The Balaban J connectivity index is 2.31. The molecule has 1 aliphatic heterocycles. The maximum atomic E-state index is 11.9. The molecule has 1 amide bonds. The number of hydrogen-bond acceptors (Lipinski definition) is 1. The van der Waals surface area contributed by atoms with Crippen LogP contribution in [-0.2, 0) is 4.79 Å². The molecule has 1 aromatic heterocycles. The molecule has 16 heavy (non-hydrogen) atoms. The second-order valence-corrected chi connectivity index (χ2v) is 4.03. The van der Waals surface area contributed by atoms with E-state index in [2.05, 4.69) is 9.88 Å². The Morgan fingerprint density at radius 1 is 1.19 bits per heavy atom. The SMILES string of the molecule is CC1C(=O)Nc2ccccc2-n2cccc21. The molecule has 0 radical (unpaired) electrons. The summed E-state index contributed by atoms with van der Waals surface area (Å²) in [4.78, 5) is 11.9. The molecule has 3 heteroatoms. The van der Waals surface area contributed by atoms with Crippen LogP contribution in [-0.4, -0.2) is 10.5 Å². The van der Waals surface area contributed by atoms with Crippen LogP contribution in [0.5, 0.6) is 0 Å². The van der Waals surface area contributed by atoms with Gasteiger partial charge in [0.25, 0.3) is 0 Å². The number of amides is 1. The lowest BCUT2D eigenvalue weighted by atomic mass is 10.1. The van der Waals surface area contributed by atoms with Crippen LogP contribution in [0, 0.1) is 0 Å². The molecule has 80 valence electrons. The average Bonchev–Trinajstić information content (AvgIpc) is 2.74. The van der Waals surface area contributed by atoms with Gasteiger partial charge in [0.15, 0.2) is 0 Å². The molecule has 2 aromatic rings. The molecule has 3 rings (SSSR count). The van der Waals surface area contributed by atoms with Gasteiger partial charge in [-0.2, -0.15) is 0 Å². The Kier molecular flexibility index (Phi) is 1.86. The molecule has 1 unspecified atom stereocenters. The van der Waals surface area contributed by atoms with Gasteiger partial charge in [-0.25, -0.2) is 0 Å². The number of para-hydroxylation sites is 2. The van der Waals surface area contributed by atoms with Gasteiger partial charge in [0, 0.05) is 11.9 Å². The molecular weight excluding hydrogens is 200 g/mol. The van der Waals surface area contributed by atoms with Crippen LogP contribution in [0.2, 0.25) is 0 Å². The van der Waals surface area contributed by atoms with Crippen LogP contribution in [0.15, 0.2) is 42.6 Å². The van der Waals surface area contributed by atoms with Gasteiger partial charge < -0.3 is 9.88 Å². The minimum atomic E-state index is -0.123. The van der Waals surface area contributed by atoms with E-state index in [4.69, 9.17) is 0 Å². The molecule has 0 saturated carbocycles. The third-order valence-electron chi connectivity index (χ3n) is 3.04. The van der Waals surface area contributed by atoms with E-state index in [9.17, 15) is 4.79 Å². The van der Waals surface area contributed by atoms with E-state index >= 15 is 0 Å². The van der Waals surface area contributed by atoms with E-state index in [1.807, 2.05) is 49.5 Å². The van der Waals surface area contributed by atoms with Crippen molar-refractivity contribution in [2.24, 2.45) is 0 Å². The summed E-state index contributed by atoms with van der Waals surface area (Å²) in [6.45, 7) is 1.92. The summed E-state index contributed by atoms with van der Waals surface area (Å²) in [5, 5.41) is 2.95. The van der Waals surface area contributed by atoms with Crippen LogP contribution < -0.4 is 5.32 Å². The molecule has 1 aliphatic rings. The van der Waals surface area contributed by atoms with Crippen LogP contribution in [0.3, 0.4) is 0 Å². The van der Waals surface area contributed by atoms with Crippen molar-refractivity contribution in [2.45, 2.75) is 12.8 Å². The Hall–Kier alpha value is -2.03. The van der Waals surface area contributed by atoms with Crippen molar-refractivity contribution in [1.82, 2.24) is 4.57 Å². The number of carbonyl (C=O) groups excluding carboxylic acids is 1. The lowest BCUT2D eigenvalue weighted by Crippen LogP contribution is -2.17. The van der Waals surface area contributed by atoms with E-state index in [1.54, 1.807) is 0 Å². The summed E-state index contributed by atoms with van der Waals surface area (Å²) in [5.41, 5.74) is 2.93. The molecular formula is C13H12N2O. The maximum Gasteiger partial charge on any atom is 0.233 e. The first-order chi connectivity index (χ1) is 7.77. The smallest absolute Gasteiger partial charge is 0.233 e. The van der Waals surface area contributed by atoms with Crippen molar-refractivity contribution in [3.8, 4) is 5.69 Å². The fraction of sp³-hybridized carbons (Fsp3) is 0.154. The maximum absolute atomic E-state index is 11.9. The van der Waals surface area contributed by atoms with Gasteiger partial charge in [-0.3, -0.25) is 4.79 Å². The number of nitrogens with zero attached hydrogens (tertiary/aromatic N) is 1. The predicted octanol–water partition coefficient (Wildman–Crippen LogP) is 2.53. The van der Waals surface area contributed by atoms with E-state index in [0.29, 0.717) is 0 Å². The third-order valence-corrected chi connectivity index (χ3v) is 3.04. The zero-order valence-electron chi connectivity index (χ0n) is 8.97. The molecule has 0 aliphatic carbocycles. The Morgan fingerprint density at radius 3 is 2.88 bits per heavy atom. The van der Waals surface area contributed by atoms with E-state index in [0.717, 1.165) is 17.1 Å². The van der Waals surface area contributed by atoms with Gasteiger partial charge in [-0.1, -0.05) is 12.1 Å². The fourth-order valence-electron chi connectivity index (χ4n) is 2.13. The standard InChI is InChI=1S/C13H12N2O/c1-9-11-7-4-8-15(11)12-6-3-2-5-10(12)14-13(9)16/h2-9H,1H3,(H,14,16). The van der Waals surface area contributed by atoms with Gasteiger partial charge in [0.2, 0.25) is 5.91 Å². The summed E-state index contributed by atoms with van der Waals surface area (Å²) < 4.78 is 2.07.